The average Bonchev–Trinajstić information content (AvgIpc) is 3.24. The van der Waals surface area contributed by atoms with Crippen LogP contribution in [-0.2, 0) is 0 Å². The van der Waals surface area contributed by atoms with E-state index >= 15 is 0 Å². The lowest BCUT2D eigenvalue weighted by Crippen LogP contribution is -2.38. The van der Waals surface area contributed by atoms with Crippen LogP contribution in [-0.4, -0.2) is 24.0 Å². The van der Waals surface area contributed by atoms with Crippen LogP contribution in [0.4, 0.5) is 0 Å². The van der Waals surface area contributed by atoms with Gasteiger partial charge in [0.1, 0.15) is 0 Å². The van der Waals surface area contributed by atoms with Crippen LogP contribution in [0.15, 0.2) is 18.2 Å². The molecule has 2 N–H and O–H groups in total. The maximum atomic E-state index is 6.16. The number of hydrogen-bond donors (Lipinski definition) is 1. The largest absolute Gasteiger partial charge is 0.330 e. The fourth-order valence-electron chi connectivity index (χ4n) is 4.03. The predicted octanol–water partition coefficient (Wildman–Crippen LogP) is 3.57. The van der Waals surface area contributed by atoms with Gasteiger partial charge in [-0.1, -0.05) is 24.6 Å². The first-order valence-electron chi connectivity index (χ1n) is 8.24. The third-order valence-corrected chi connectivity index (χ3v) is 5.20. The van der Waals surface area contributed by atoms with Crippen LogP contribution in [0, 0.1) is 19.8 Å². The first kappa shape index (κ1) is 14.1. The van der Waals surface area contributed by atoms with Gasteiger partial charge in [-0.2, -0.15) is 0 Å². The van der Waals surface area contributed by atoms with E-state index < -0.39 is 0 Å². The number of rotatable bonds is 3. The van der Waals surface area contributed by atoms with Crippen LogP contribution in [0.1, 0.15) is 54.8 Å². The SMILES string of the molecule is Cc1cccc(C)c1C1C(CN)CCCCN1C1CC1. The van der Waals surface area contributed by atoms with Crippen LogP contribution < -0.4 is 5.73 Å². The van der Waals surface area contributed by atoms with Crippen molar-refractivity contribution >= 4 is 0 Å². The van der Waals surface area contributed by atoms with Crippen molar-refractivity contribution in [2.24, 2.45) is 11.7 Å². The molecule has 3 rings (SSSR count). The summed E-state index contributed by atoms with van der Waals surface area (Å²) >= 11 is 0. The molecule has 1 aliphatic heterocycles. The lowest BCUT2D eigenvalue weighted by molar-refractivity contribution is 0.148. The number of aryl methyl sites for hydroxylation is 2. The first-order valence-corrected chi connectivity index (χ1v) is 8.24. The van der Waals surface area contributed by atoms with E-state index in [9.17, 15) is 0 Å². The highest BCUT2D eigenvalue weighted by Gasteiger charge is 2.39. The molecule has 0 aromatic heterocycles. The van der Waals surface area contributed by atoms with Crippen molar-refractivity contribution in [3.05, 3.63) is 34.9 Å². The maximum absolute atomic E-state index is 6.16. The van der Waals surface area contributed by atoms with Crippen molar-refractivity contribution in [1.29, 1.82) is 0 Å². The maximum Gasteiger partial charge on any atom is 0.0396 e. The van der Waals surface area contributed by atoms with Gasteiger partial charge >= 0.3 is 0 Å². The van der Waals surface area contributed by atoms with E-state index in [0.29, 0.717) is 12.0 Å². The third-order valence-electron chi connectivity index (χ3n) is 5.20. The van der Waals surface area contributed by atoms with Gasteiger partial charge in [0.15, 0.2) is 0 Å². The Morgan fingerprint density at radius 3 is 2.40 bits per heavy atom. The summed E-state index contributed by atoms with van der Waals surface area (Å²) in [5.41, 5.74) is 10.6. The van der Waals surface area contributed by atoms with Crippen molar-refractivity contribution in [2.45, 2.75) is 58.0 Å². The van der Waals surface area contributed by atoms with Crippen molar-refractivity contribution in [3.63, 3.8) is 0 Å². The molecule has 1 saturated heterocycles. The van der Waals surface area contributed by atoms with Gasteiger partial charge < -0.3 is 5.73 Å². The monoisotopic (exact) mass is 272 g/mol. The molecule has 20 heavy (non-hydrogen) atoms. The van der Waals surface area contributed by atoms with Crippen molar-refractivity contribution < 1.29 is 0 Å². The van der Waals surface area contributed by atoms with E-state index in [4.69, 9.17) is 5.73 Å². The molecular weight excluding hydrogens is 244 g/mol. The fraction of sp³-hybridized carbons (Fsp3) is 0.667. The molecule has 0 radical (unpaired) electrons. The second-order valence-electron chi connectivity index (χ2n) is 6.71. The molecule has 0 spiro atoms. The third kappa shape index (κ3) is 2.64. The Hall–Kier alpha value is -0.860. The van der Waals surface area contributed by atoms with Gasteiger partial charge in [0, 0.05) is 12.1 Å². The van der Waals surface area contributed by atoms with E-state index in [-0.39, 0.29) is 0 Å². The zero-order chi connectivity index (χ0) is 14.1. The summed E-state index contributed by atoms with van der Waals surface area (Å²) in [6, 6.07) is 8.10. The zero-order valence-corrected chi connectivity index (χ0v) is 12.9. The normalized spacial score (nSPS) is 28.4. The lowest BCUT2D eigenvalue weighted by atomic mass is 9.84. The number of hydrogen-bond acceptors (Lipinski definition) is 2. The summed E-state index contributed by atoms with van der Waals surface area (Å²) in [4.78, 5) is 2.79. The number of nitrogens with zero attached hydrogens (tertiary/aromatic N) is 1. The molecular formula is C18H28N2. The Morgan fingerprint density at radius 1 is 1.10 bits per heavy atom. The van der Waals surface area contributed by atoms with E-state index in [1.807, 2.05) is 0 Å². The molecule has 2 fully saturated rings. The van der Waals surface area contributed by atoms with E-state index in [0.717, 1.165) is 12.6 Å². The Bertz CT molecular complexity index is 444. The van der Waals surface area contributed by atoms with Gasteiger partial charge in [0.05, 0.1) is 0 Å². The van der Waals surface area contributed by atoms with Crippen LogP contribution in [0.25, 0.3) is 0 Å². The summed E-state index contributed by atoms with van der Waals surface area (Å²) in [5, 5.41) is 0. The van der Waals surface area contributed by atoms with Crippen LogP contribution in [0.3, 0.4) is 0 Å². The number of benzene rings is 1. The van der Waals surface area contributed by atoms with Crippen LogP contribution >= 0.6 is 0 Å². The van der Waals surface area contributed by atoms with Crippen LogP contribution in [0.5, 0.6) is 0 Å². The van der Waals surface area contributed by atoms with Crippen molar-refractivity contribution in [1.82, 2.24) is 4.90 Å². The van der Waals surface area contributed by atoms with Crippen molar-refractivity contribution in [3.8, 4) is 0 Å². The molecule has 0 bridgehead atoms. The molecule has 1 aliphatic carbocycles. The Balaban J connectivity index is 2.02. The zero-order valence-electron chi connectivity index (χ0n) is 12.9. The molecule has 1 aromatic carbocycles. The van der Waals surface area contributed by atoms with Gasteiger partial charge in [-0.25, -0.2) is 0 Å². The Kier molecular flexibility index (Phi) is 4.13. The highest BCUT2D eigenvalue weighted by molar-refractivity contribution is 5.37. The molecule has 2 atom stereocenters. The van der Waals surface area contributed by atoms with E-state index in [2.05, 4.69) is 36.9 Å². The topological polar surface area (TPSA) is 29.3 Å². The quantitative estimate of drug-likeness (QED) is 0.911. The van der Waals surface area contributed by atoms with Gasteiger partial charge in [-0.05, 0) is 75.2 Å². The molecule has 0 amide bonds. The second-order valence-corrected chi connectivity index (χ2v) is 6.71. The average molecular weight is 272 g/mol. The summed E-state index contributed by atoms with van der Waals surface area (Å²) < 4.78 is 0. The van der Waals surface area contributed by atoms with Gasteiger partial charge in [0.2, 0.25) is 0 Å². The van der Waals surface area contributed by atoms with E-state index in [1.165, 1.54) is 49.8 Å². The van der Waals surface area contributed by atoms with Gasteiger partial charge in [-0.3, -0.25) is 4.90 Å². The minimum absolute atomic E-state index is 0.552. The predicted molar refractivity (Wildman–Crippen MR) is 84.8 cm³/mol. The van der Waals surface area contributed by atoms with Crippen LogP contribution in [0.2, 0.25) is 0 Å². The van der Waals surface area contributed by atoms with E-state index in [1.54, 1.807) is 5.56 Å². The van der Waals surface area contributed by atoms with Crippen molar-refractivity contribution in [2.75, 3.05) is 13.1 Å². The molecule has 1 heterocycles. The summed E-state index contributed by atoms with van der Waals surface area (Å²) in [6.45, 7) is 6.62. The summed E-state index contributed by atoms with van der Waals surface area (Å²) in [7, 11) is 0. The number of likely N-dealkylation sites (tertiary alicyclic amines) is 1. The molecule has 1 aromatic rings. The number of nitrogens with two attached hydrogens (primary N) is 1. The minimum atomic E-state index is 0.552. The highest BCUT2D eigenvalue weighted by Crippen LogP contribution is 2.43. The lowest BCUT2D eigenvalue weighted by Gasteiger charge is -2.37. The molecule has 1 saturated carbocycles. The second kappa shape index (κ2) is 5.87. The minimum Gasteiger partial charge on any atom is -0.330 e. The van der Waals surface area contributed by atoms with Gasteiger partial charge in [-0.15, -0.1) is 0 Å². The molecule has 2 aliphatic rings. The highest BCUT2D eigenvalue weighted by atomic mass is 15.2. The van der Waals surface area contributed by atoms with Gasteiger partial charge in [0.25, 0.3) is 0 Å². The molecule has 2 nitrogen and oxygen atoms in total. The fourth-order valence-corrected chi connectivity index (χ4v) is 4.03. The molecule has 2 heteroatoms. The Morgan fingerprint density at radius 2 is 1.80 bits per heavy atom. The standard InChI is InChI=1S/C18H28N2/c1-13-6-5-7-14(2)17(13)18-15(12-19)8-3-4-11-20(18)16-9-10-16/h5-7,15-16,18H,3-4,8-12,19H2,1-2H3. The smallest absolute Gasteiger partial charge is 0.0396 e. The summed E-state index contributed by atoms with van der Waals surface area (Å²) in [5.74, 6) is 0.623. The Labute approximate surface area is 123 Å². The first-order chi connectivity index (χ1) is 9.72. The summed E-state index contributed by atoms with van der Waals surface area (Å²) in [6.07, 6.45) is 6.75. The molecule has 110 valence electrons. The molecule has 2 unspecified atom stereocenters.